The third-order valence-corrected chi connectivity index (χ3v) is 1.59. The molecule has 1 nitrogen and oxygen atoms in total. The maximum Gasteiger partial charge on any atom is 1.00 e. The van der Waals surface area contributed by atoms with E-state index in [2.05, 4.69) is 0 Å². The number of hydrogen-bond donors (Lipinski definition) is 0. The highest BCUT2D eigenvalue weighted by Crippen LogP contribution is 2.15. The van der Waals surface area contributed by atoms with Crippen LogP contribution in [0, 0.1) is 11.3 Å². The van der Waals surface area contributed by atoms with Gasteiger partial charge in [0.25, 0.3) is 0 Å². The fraction of sp³-hybridized carbons (Fsp3) is 0. The van der Waals surface area contributed by atoms with Crippen LogP contribution in [-0.4, -0.2) is 0 Å². The van der Waals surface area contributed by atoms with Crippen LogP contribution in [0.15, 0.2) is 30.3 Å². The summed E-state index contributed by atoms with van der Waals surface area (Å²) in [6.45, 7) is 0. The fourth-order valence-corrected chi connectivity index (χ4v) is 0.936. The molecule has 0 fully saturated rings. The highest BCUT2D eigenvalue weighted by atomic mass is 35.5. The second-order valence-corrected chi connectivity index (χ2v) is 2.39. The van der Waals surface area contributed by atoms with Gasteiger partial charge >= 0.3 is 1.43 Å². The van der Waals surface area contributed by atoms with E-state index >= 15 is 0 Å². The van der Waals surface area contributed by atoms with E-state index in [9.17, 15) is 0 Å². The van der Waals surface area contributed by atoms with Crippen molar-refractivity contribution >= 4 is 17.7 Å². The summed E-state index contributed by atoms with van der Waals surface area (Å²) in [6, 6.07) is 9.28. The molecule has 1 rings (SSSR count). The van der Waals surface area contributed by atoms with Crippen LogP contribution in [0.5, 0.6) is 0 Å². The molecule has 0 heterocycles. The zero-order valence-corrected chi connectivity index (χ0v) is 6.55. The fourth-order valence-electron chi connectivity index (χ4n) is 0.737. The Labute approximate surface area is 72.0 Å². The minimum absolute atomic E-state index is 0. The highest BCUT2D eigenvalue weighted by Gasteiger charge is 1.91. The van der Waals surface area contributed by atoms with Gasteiger partial charge in [-0.15, -0.1) is 0 Å². The molecule has 54 valence electrons. The van der Waals surface area contributed by atoms with E-state index in [0.717, 1.165) is 5.56 Å². The van der Waals surface area contributed by atoms with Gasteiger partial charge in [-0.3, -0.25) is 0 Å². The average molecular weight is 165 g/mol. The summed E-state index contributed by atoms with van der Waals surface area (Å²) in [5.41, 5.74) is 0.871. The van der Waals surface area contributed by atoms with Crippen LogP contribution in [0.1, 0.15) is 6.99 Å². The Kier molecular flexibility index (Phi) is 2.71. The first kappa shape index (κ1) is 7.84. The van der Waals surface area contributed by atoms with E-state index in [4.69, 9.17) is 16.9 Å². The molecule has 0 unspecified atom stereocenters. The van der Waals surface area contributed by atoms with Crippen molar-refractivity contribution in [1.82, 2.24) is 0 Å². The van der Waals surface area contributed by atoms with Gasteiger partial charge in [-0.25, -0.2) is 0 Å². The molecule has 0 N–H and O–H groups in total. The summed E-state index contributed by atoms with van der Waals surface area (Å²) < 4.78 is 0. The molecule has 1 aromatic carbocycles. The van der Waals surface area contributed by atoms with Gasteiger partial charge in [0.1, 0.15) is 0 Å². The molecule has 0 atom stereocenters. The number of halogens is 1. The summed E-state index contributed by atoms with van der Waals surface area (Å²) in [5.74, 6) is 0. The predicted octanol–water partition coefficient (Wildman–Crippen LogP) is 2.99. The van der Waals surface area contributed by atoms with Crippen molar-refractivity contribution < 1.29 is 1.43 Å². The lowest BCUT2D eigenvalue weighted by Gasteiger charge is -1.93. The van der Waals surface area contributed by atoms with Gasteiger partial charge in [0.05, 0.1) is 6.07 Å². The van der Waals surface area contributed by atoms with Gasteiger partial charge in [-0.1, -0.05) is 29.8 Å². The number of hydrogen-bond acceptors (Lipinski definition) is 1. The van der Waals surface area contributed by atoms with Gasteiger partial charge in [-0.05, 0) is 17.7 Å². The number of nitrogens with zero attached hydrogens (tertiary/aromatic N) is 1. The molecule has 1 aromatic rings. The Morgan fingerprint density at radius 3 is 2.82 bits per heavy atom. The standard InChI is InChI=1S/C9H6ClN/c10-9-6-2-1-4-8(9)5-3-7-11/h1-6H/p+1/b5-3+. The topological polar surface area (TPSA) is 23.8 Å². The van der Waals surface area contributed by atoms with Crippen molar-refractivity contribution in [2.45, 2.75) is 0 Å². The lowest BCUT2D eigenvalue weighted by atomic mass is 10.2. The van der Waals surface area contributed by atoms with Gasteiger partial charge in [0, 0.05) is 11.1 Å². The molecular formula is C9H7ClN+. The first-order chi connectivity index (χ1) is 5.34. The molecule has 0 amide bonds. The molecule has 0 radical (unpaired) electrons. The maximum absolute atomic E-state index is 8.24. The third-order valence-electron chi connectivity index (χ3n) is 1.24. The largest absolute Gasteiger partial charge is 1.00 e. The van der Waals surface area contributed by atoms with Crippen molar-refractivity contribution in [3.63, 3.8) is 0 Å². The minimum Gasteiger partial charge on any atom is -0.193 e. The summed E-state index contributed by atoms with van der Waals surface area (Å²) >= 11 is 5.80. The molecule has 0 aliphatic carbocycles. The zero-order valence-electron chi connectivity index (χ0n) is 6.79. The van der Waals surface area contributed by atoms with Gasteiger partial charge in [0.15, 0.2) is 0 Å². The van der Waals surface area contributed by atoms with Gasteiger partial charge in [0.2, 0.25) is 0 Å². The van der Waals surface area contributed by atoms with E-state index in [1.165, 1.54) is 6.08 Å². The molecule has 0 bridgehead atoms. The summed E-state index contributed by atoms with van der Waals surface area (Å²) in [7, 11) is 0. The molecule has 0 spiro atoms. The van der Waals surface area contributed by atoms with Crippen molar-refractivity contribution in [3.05, 3.63) is 40.9 Å². The maximum atomic E-state index is 8.24. The third kappa shape index (κ3) is 2.10. The van der Waals surface area contributed by atoms with Crippen LogP contribution in [0.25, 0.3) is 6.08 Å². The number of allylic oxidation sites excluding steroid dienone is 1. The van der Waals surface area contributed by atoms with Crippen LogP contribution in [0.4, 0.5) is 0 Å². The molecule has 0 aliphatic rings. The number of nitriles is 1. The van der Waals surface area contributed by atoms with Gasteiger partial charge in [-0.2, -0.15) is 5.26 Å². The Morgan fingerprint density at radius 1 is 1.45 bits per heavy atom. The van der Waals surface area contributed by atoms with Crippen LogP contribution >= 0.6 is 11.6 Å². The summed E-state index contributed by atoms with van der Waals surface area (Å²) in [6.07, 6.45) is 3.09. The zero-order chi connectivity index (χ0) is 8.10. The van der Waals surface area contributed by atoms with E-state index in [-0.39, 0.29) is 1.43 Å². The minimum atomic E-state index is 0. The summed E-state index contributed by atoms with van der Waals surface area (Å²) in [4.78, 5) is 0. The summed E-state index contributed by atoms with van der Waals surface area (Å²) in [5, 5.41) is 8.90. The Morgan fingerprint density at radius 2 is 2.18 bits per heavy atom. The molecular weight excluding hydrogens is 158 g/mol. The molecule has 0 aliphatic heterocycles. The smallest absolute Gasteiger partial charge is 0.193 e. The molecule has 11 heavy (non-hydrogen) atoms. The Hall–Kier alpha value is -1.26. The molecule has 0 aromatic heterocycles. The predicted molar refractivity (Wildman–Crippen MR) is 47.2 cm³/mol. The number of rotatable bonds is 1. The lowest BCUT2D eigenvalue weighted by Crippen LogP contribution is -1.71. The second-order valence-electron chi connectivity index (χ2n) is 1.98. The monoisotopic (exact) mass is 164 g/mol. The first-order valence-corrected chi connectivity index (χ1v) is 3.53. The highest BCUT2D eigenvalue weighted by molar-refractivity contribution is 6.32. The molecule has 0 saturated heterocycles. The van der Waals surface area contributed by atoms with E-state index < -0.39 is 0 Å². The second kappa shape index (κ2) is 3.80. The normalized spacial score (nSPS) is 9.82. The van der Waals surface area contributed by atoms with Crippen molar-refractivity contribution in [3.8, 4) is 6.07 Å². The van der Waals surface area contributed by atoms with E-state index in [0.29, 0.717) is 5.02 Å². The Bertz CT molecular complexity index is 315. The van der Waals surface area contributed by atoms with E-state index in [1.54, 1.807) is 12.1 Å². The SMILES string of the molecule is N#C/C=C/c1ccccc1Cl.[H+]. The van der Waals surface area contributed by atoms with Crippen LogP contribution in [0.2, 0.25) is 5.02 Å². The first-order valence-electron chi connectivity index (χ1n) is 3.15. The van der Waals surface area contributed by atoms with E-state index in [1.807, 2.05) is 24.3 Å². The van der Waals surface area contributed by atoms with Crippen molar-refractivity contribution in [2.75, 3.05) is 0 Å². The Balaban J connectivity index is 0.00000121. The molecule has 2 heteroatoms. The molecule has 0 saturated carbocycles. The quantitative estimate of drug-likeness (QED) is 0.586. The van der Waals surface area contributed by atoms with Crippen LogP contribution in [-0.2, 0) is 0 Å². The van der Waals surface area contributed by atoms with Crippen LogP contribution in [0.3, 0.4) is 0 Å². The lowest BCUT2D eigenvalue weighted by molar-refractivity contribution is 1.54. The average Bonchev–Trinajstić information content (AvgIpc) is 2.03. The van der Waals surface area contributed by atoms with Gasteiger partial charge < -0.3 is 0 Å². The number of benzene rings is 1. The van der Waals surface area contributed by atoms with Crippen molar-refractivity contribution in [1.29, 1.82) is 5.26 Å². The van der Waals surface area contributed by atoms with Crippen molar-refractivity contribution in [2.24, 2.45) is 0 Å². The van der Waals surface area contributed by atoms with Crippen LogP contribution < -0.4 is 0 Å².